The molecule has 0 saturated carbocycles. The Balaban J connectivity index is 1.34. The molecule has 9 nitrogen and oxygen atoms in total. The molecule has 0 spiro atoms. The number of hydrogen-bond acceptors (Lipinski definition) is 7. The molecule has 2 aromatic heterocycles. The lowest BCUT2D eigenvalue weighted by Crippen LogP contribution is -2.50. The van der Waals surface area contributed by atoms with Crippen LogP contribution in [0.2, 0.25) is 0 Å². The largest absolute Gasteiger partial charge is 0.459 e. The van der Waals surface area contributed by atoms with Gasteiger partial charge in [-0.15, -0.1) is 10.2 Å². The molecule has 0 bridgehead atoms. The molecule has 27 heavy (non-hydrogen) atoms. The third-order valence-electron chi connectivity index (χ3n) is 4.79. The third kappa shape index (κ3) is 3.77. The van der Waals surface area contributed by atoms with Crippen molar-refractivity contribution >= 4 is 17.6 Å². The van der Waals surface area contributed by atoms with Crippen molar-refractivity contribution in [1.82, 2.24) is 20.0 Å². The predicted octanol–water partition coefficient (Wildman–Crippen LogP) is 0.504. The highest BCUT2D eigenvalue weighted by atomic mass is 16.5. The molecule has 0 N–H and O–H groups in total. The summed E-state index contributed by atoms with van der Waals surface area (Å²) >= 11 is 0. The van der Waals surface area contributed by atoms with Crippen LogP contribution in [0.25, 0.3) is 0 Å². The molecule has 0 unspecified atom stereocenters. The number of rotatable bonds is 3. The number of morpholine rings is 1. The van der Waals surface area contributed by atoms with Crippen LogP contribution < -0.4 is 4.90 Å². The molecule has 2 aliphatic rings. The van der Waals surface area contributed by atoms with E-state index < -0.39 is 0 Å². The number of piperazine rings is 1. The average Bonchev–Trinajstić information content (AvgIpc) is 3.28. The first kappa shape index (κ1) is 17.5. The zero-order valence-electron chi connectivity index (χ0n) is 14.9. The molecule has 2 saturated heterocycles. The molecule has 0 atom stereocenters. The van der Waals surface area contributed by atoms with Crippen LogP contribution in [0, 0.1) is 0 Å². The molecule has 0 aromatic carbocycles. The number of carbonyl (C=O) groups is 2. The number of ether oxygens (including phenoxy) is 1. The molecule has 9 heteroatoms. The molecule has 142 valence electrons. The summed E-state index contributed by atoms with van der Waals surface area (Å²) < 4.78 is 10.5. The SMILES string of the molecule is O=C(c1ccc(N2CCOCC2)nn1)N1CCN(C(=O)c2ccco2)CC1. The van der Waals surface area contributed by atoms with Crippen molar-refractivity contribution in [2.24, 2.45) is 0 Å². The molecule has 2 amide bonds. The second kappa shape index (κ2) is 7.75. The lowest BCUT2D eigenvalue weighted by molar-refractivity contribution is 0.0514. The maximum absolute atomic E-state index is 12.7. The van der Waals surface area contributed by atoms with Crippen molar-refractivity contribution in [2.75, 3.05) is 57.4 Å². The van der Waals surface area contributed by atoms with Gasteiger partial charge in [-0.1, -0.05) is 0 Å². The highest BCUT2D eigenvalue weighted by Crippen LogP contribution is 2.14. The minimum absolute atomic E-state index is 0.151. The lowest BCUT2D eigenvalue weighted by Gasteiger charge is -2.34. The van der Waals surface area contributed by atoms with Crippen LogP contribution >= 0.6 is 0 Å². The topological polar surface area (TPSA) is 92.0 Å². The van der Waals surface area contributed by atoms with E-state index in [2.05, 4.69) is 15.1 Å². The summed E-state index contributed by atoms with van der Waals surface area (Å²) in [5, 5.41) is 8.30. The summed E-state index contributed by atoms with van der Waals surface area (Å²) in [6.07, 6.45) is 1.48. The Morgan fingerprint density at radius 2 is 1.56 bits per heavy atom. The maximum atomic E-state index is 12.7. The van der Waals surface area contributed by atoms with E-state index in [0.29, 0.717) is 50.8 Å². The Morgan fingerprint density at radius 3 is 2.15 bits per heavy atom. The second-order valence-corrected chi connectivity index (χ2v) is 6.44. The van der Waals surface area contributed by atoms with E-state index in [1.165, 1.54) is 6.26 Å². The van der Waals surface area contributed by atoms with Gasteiger partial charge in [0.15, 0.2) is 17.3 Å². The van der Waals surface area contributed by atoms with Crippen LogP contribution in [0.15, 0.2) is 34.9 Å². The summed E-state index contributed by atoms with van der Waals surface area (Å²) in [4.78, 5) is 30.4. The van der Waals surface area contributed by atoms with Gasteiger partial charge in [-0.2, -0.15) is 0 Å². The highest BCUT2D eigenvalue weighted by Gasteiger charge is 2.27. The van der Waals surface area contributed by atoms with Crippen molar-refractivity contribution in [1.29, 1.82) is 0 Å². The van der Waals surface area contributed by atoms with E-state index in [4.69, 9.17) is 9.15 Å². The predicted molar refractivity (Wildman–Crippen MR) is 95.6 cm³/mol. The Hall–Kier alpha value is -2.94. The minimum atomic E-state index is -0.166. The number of furan rings is 1. The standard InChI is InChI=1S/C18H21N5O4/c24-17(14-3-4-16(20-19-14)21-9-12-26-13-10-21)22-5-7-23(8-6-22)18(25)15-2-1-11-27-15/h1-4,11H,5-10,12-13H2. The first-order valence-electron chi connectivity index (χ1n) is 9.01. The van der Waals surface area contributed by atoms with Crippen LogP contribution in [0.4, 0.5) is 5.82 Å². The first-order valence-corrected chi connectivity index (χ1v) is 9.01. The molecule has 2 aromatic rings. The van der Waals surface area contributed by atoms with Crippen LogP contribution in [0.1, 0.15) is 21.0 Å². The Morgan fingerprint density at radius 1 is 0.852 bits per heavy atom. The summed E-state index contributed by atoms with van der Waals surface area (Å²) in [5.41, 5.74) is 0.317. The Kier molecular flexibility index (Phi) is 5.01. The van der Waals surface area contributed by atoms with Gasteiger partial charge in [-0.3, -0.25) is 9.59 Å². The van der Waals surface area contributed by atoms with Crippen molar-refractivity contribution in [3.8, 4) is 0 Å². The number of carbonyl (C=O) groups excluding carboxylic acids is 2. The van der Waals surface area contributed by atoms with Gasteiger partial charge < -0.3 is 23.9 Å². The van der Waals surface area contributed by atoms with Crippen molar-refractivity contribution in [3.05, 3.63) is 42.0 Å². The minimum Gasteiger partial charge on any atom is -0.459 e. The molecule has 4 rings (SSSR count). The average molecular weight is 371 g/mol. The van der Waals surface area contributed by atoms with E-state index in [0.717, 1.165) is 18.9 Å². The molecule has 2 aliphatic heterocycles. The summed E-state index contributed by atoms with van der Waals surface area (Å²) in [6, 6.07) is 6.86. The quantitative estimate of drug-likeness (QED) is 0.776. The maximum Gasteiger partial charge on any atom is 0.289 e. The van der Waals surface area contributed by atoms with Gasteiger partial charge in [-0.25, -0.2) is 0 Å². The fourth-order valence-corrected chi connectivity index (χ4v) is 3.23. The van der Waals surface area contributed by atoms with E-state index in [1.54, 1.807) is 28.0 Å². The summed E-state index contributed by atoms with van der Waals surface area (Å²) in [6.45, 7) is 4.72. The highest BCUT2D eigenvalue weighted by molar-refractivity contribution is 5.93. The summed E-state index contributed by atoms with van der Waals surface area (Å²) in [7, 11) is 0. The second-order valence-electron chi connectivity index (χ2n) is 6.44. The van der Waals surface area contributed by atoms with Gasteiger partial charge >= 0.3 is 0 Å². The van der Waals surface area contributed by atoms with E-state index in [-0.39, 0.29) is 11.8 Å². The first-order chi connectivity index (χ1) is 13.2. The van der Waals surface area contributed by atoms with E-state index >= 15 is 0 Å². The van der Waals surface area contributed by atoms with Crippen molar-refractivity contribution < 1.29 is 18.7 Å². The van der Waals surface area contributed by atoms with Gasteiger partial charge in [0.1, 0.15) is 0 Å². The fraction of sp³-hybridized carbons (Fsp3) is 0.444. The molecule has 0 radical (unpaired) electrons. The van der Waals surface area contributed by atoms with E-state index in [9.17, 15) is 9.59 Å². The molecule has 0 aliphatic carbocycles. The number of anilines is 1. The third-order valence-corrected chi connectivity index (χ3v) is 4.79. The normalized spacial score (nSPS) is 17.9. The van der Waals surface area contributed by atoms with Gasteiger partial charge in [0.05, 0.1) is 19.5 Å². The number of amides is 2. The van der Waals surface area contributed by atoms with Crippen LogP contribution in [0.5, 0.6) is 0 Å². The van der Waals surface area contributed by atoms with Gasteiger partial charge in [0.2, 0.25) is 0 Å². The zero-order valence-corrected chi connectivity index (χ0v) is 14.9. The van der Waals surface area contributed by atoms with Gasteiger partial charge in [-0.05, 0) is 24.3 Å². The molecular weight excluding hydrogens is 350 g/mol. The number of aromatic nitrogens is 2. The Labute approximate surface area is 156 Å². The fourth-order valence-electron chi connectivity index (χ4n) is 3.23. The number of hydrogen-bond donors (Lipinski definition) is 0. The molecule has 2 fully saturated rings. The Bertz CT molecular complexity index is 779. The van der Waals surface area contributed by atoms with Gasteiger partial charge in [0, 0.05) is 39.3 Å². The monoisotopic (exact) mass is 371 g/mol. The molecular formula is C18H21N5O4. The van der Waals surface area contributed by atoms with Crippen molar-refractivity contribution in [3.63, 3.8) is 0 Å². The molecule has 4 heterocycles. The van der Waals surface area contributed by atoms with Crippen LogP contribution in [0.3, 0.4) is 0 Å². The van der Waals surface area contributed by atoms with Crippen molar-refractivity contribution in [2.45, 2.75) is 0 Å². The number of nitrogens with zero attached hydrogens (tertiary/aromatic N) is 5. The van der Waals surface area contributed by atoms with Crippen LogP contribution in [-0.2, 0) is 4.74 Å². The smallest absolute Gasteiger partial charge is 0.289 e. The lowest BCUT2D eigenvalue weighted by atomic mass is 10.2. The van der Waals surface area contributed by atoms with Crippen LogP contribution in [-0.4, -0.2) is 84.3 Å². The van der Waals surface area contributed by atoms with E-state index in [1.807, 2.05) is 6.07 Å². The summed E-state index contributed by atoms with van der Waals surface area (Å²) in [5.74, 6) is 0.755. The van der Waals surface area contributed by atoms with Gasteiger partial charge in [0.25, 0.3) is 11.8 Å². The zero-order chi connectivity index (χ0) is 18.6.